The summed E-state index contributed by atoms with van der Waals surface area (Å²) in [7, 11) is 0. The number of alkyl halides is 1. The number of rotatable bonds is 8. The molecule has 0 spiro atoms. The second-order valence-corrected chi connectivity index (χ2v) is 5.47. The molecule has 126 valence electrons. The first-order valence-electron chi connectivity index (χ1n) is 7.84. The molecule has 1 atom stereocenters. The van der Waals surface area contributed by atoms with E-state index in [1.807, 2.05) is 12.1 Å². The number of aromatic nitrogens is 3. The van der Waals surface area contributed by atoms with E-state index in [4.69, 9.17) is 9.57 Å². The Hall–Kier alpha value is -2.70. The maximum absolute atomic E-state index is 14.7. The first-order valence-corrected chi connectivity index (χ1v) is 7.84. The van der Waals surface area contributed by atoms with Gasteiger partial charge in [0, 0.05) is 5.56 Å². The van der Waals surface area contributed by atoms with Crippen LogP contribution < -0.4 is 4.74 Å². The summed E-state index contributed by atoms with van der Waals surface area (Å²) in [5.41, 5.74) is 0.695. The Labute approximate surface area is 139 Å². The van der Waals surface area contributed by atoms with Gasteiger partial charge in [-0.15, -0.1) is 0 Å². The quantitative estimate of drug-likeness (QED) is 0.322. The molecule has 0 N–H and O–H groups in total. The lowest BCUT2D eigenvalue weighted by Crippen LogP contribution is -2.24. The zero-order chi connectivity index (χ0) is 16.8. The van der Waals surface area contributed by atoms with Crippen molar-refractivity contribution in [1.82, 2.24) is 14.8 Å². The van der Waals surface area contributed by atoms with Gasteiger partial charge >= 0.3 is 0 Å². The number of halogens is 1. The van der Waals surface area contributed by atoms with Crippen LogP contribution in [0.25, 0.3) is 0 Å². The van der Waals surface area contributed by atoms with Crippen LogP contribution in [0.5, 0.6) is 5.75 Å². The summed E-state index contributed by atoms with van der Waals surface area (Å²) in [5, 5.41) is 7.71. The van der Waals surface area contributed by atoms with Crippen LogP contribution in [0.15, 0.2) is 54.7 Å². The topological polar surface area (TPSA) is 61.5 Å². The van der Waals surface area contributed by atoms with Crippen LogP contribution in [0.2, 0.25) is 0 Å². The minimum atomic E-state index is -1.60. The zero-order valence-corrected chi connectivity index (χ0v) is 13.2. The smallest absolute Gasteiger partial charge is 0.239 e. The van der Waals surface area contributed by atoms with Gasteiger partial charge < -0.3 is 9.57 Å². The van der Waals surface area contributed by atoms with E-state index in [1.54, 1.807) is 18.2 Å². The van der Waals surface area contributed by atoms with E-state index in [0.29, 0.717) is 11.7 Å². The fraction of sp³-hybridized carbons (Fsp3) is 0.353. The molecule has 0 amide bonds. The van der Waals surface area contributed by atoms with Crippen molar-refractivity contribution >= 4 is 5.71 Å². The van der Waals surface area contributed by atoms with Crippen LogP contribution in [0.3, 0.4) is 0 Å². The molecule has 0 radical (unpaired) electrons. The fourth-order valence-corrected chi connectivity index (χ4v) is 2.24. The molecule has 0 saturated heterocycles. The standard InChI is InChI=1S/C17H19FN4O2/c1-2-10-23-21-16(17(18)22-12-19-11-20-22)13-6-8-15(9-7-13)24-14-4-3-5-14/h2,6-9,11-12,14,17H,1,3-5,10H2. The predicted molar refractivity (Wildman–Crippen MR) is 87.6 cm³/mol. The van der Waals surface area contributed by atoms with E-state index in [9.17, 15) is 4.39 Å². The van der Waals surface area contributed by atoms with Crippen molar-refractivity contribution in [2.45, 2.75) is 31.7 Å². The van der Waals surface area contributed by atoms with Crippen LogP contribution in [-0.4, -0.2) is 33.2 Å². The fourth-order valence-electron chi connectivity index (χ4n) is 2.24. The molecule has 7 heteroatoms. The molecule has 1 aliphatic carbocycles. The summed E-state index contributed by atoms with van der Waals surface area (Å²) in [6, 6.07) is 7.14. The average Bonchev–Trinajstić information content (AvgIpc) is 3.10. The lowest BCUT2D eigenvalue weighted by atomic mass is 9.96. The Morgan fingerprint density at radius 3 is 2.79 bits per heavy atom. The first-order chi connectivity index (χ1) is 11.8. The maximum Gasteiger partial charge on any atom is 0.239 e. The van der Waals surface area contributed by atoms with Crippen LogP contribution >= 0.6 is 0 Å². The normalized spacial score (nSPS) is 16.3. The molecule has 1 fully saturated rings. The van der Waals surface area contributed by atoms with E-state index in [0.717, 1.165) is 23.3 Å². The van der Waals surface area contributed by atoms with Gasteiger partial charge in [0.1, 0.15) is 30.7 Å². The van der Waals surface area contributed by atoms with Crippen molar-refractivity contribution in [3.05, 3.63) is 55.1 Å². The number of hydrogen-bond acceptors (Lipinski definition) is 5. The zero-order valence-electron chi connectivity index (χ0n) is 13.2. The third kappa shape index (κ3) is 3.79. The molecular weight excluding hydrogens is 311 g/mol. The van der Waals surface area contributed by atoms with E-state index in [2.05, 4.69) is 21.8 Å². The number of hydrogen-bond donors (Lipinski definition) is 0. The van der Waals surface area contributed by atoms with Crippen molar-refractivity contribution in [2.75, 3.05) is 6.61 Å². The third-order valence-corrected chi connectivity index (χ3v) is 3.75. The summed E-state index contributed by atoms with van der Waals surface area (Å²) in [6.45, 7) is 3.74. The van der Waals surface area contributed by atoms with Gasteiger partial charge in [-0.25, -0.2) is 14.1 Å². The Balaban J connectivity index is 1.78. The number of ether oxygens (including phenoxy) is 1. The van der Waals surface area contributed by atoms with E-state index in [1.165, 1.54) is 19.1 Å². The molecule has 3 rings (SSSR count). The highest BCUT2D eigenvalue weighted by Crippen LogP contribution is 2.26. The van der Waals surface area contributed by atoms with Crippen LogP contribution in [0.1, 0.15) is 31.1 Å². The van der Waals surface area contributed by atoms with Crippen LogP contribution in [0.4, 0.5) is 4.39 Å². The number of nitrogens with zero attached hydrogens (tertiary/aromatic N) is 4. The Kier molecular flexibility index (Phi) is 5.20. The summed E-state index contributed by atoms with van der Waals surface area (Å²) in [4.78, 5) is 8.84. The van der Waals surface area contributed by atoms with Gasteiger partial charge in [-0.1, -0.05) is 17.8 Å². The highest BCUT2D eigenvalue weighted by Gasteiger charge is 2.22. The summed E-state index contributed by atoms with van der Waals surface area (Å²) in [6.07, 6.45) is 6.18. The van der Waals surface area contributed by atoms with Gasteiger partial charge in [-0.05, 0) is 43.5 Å². The molecule has 6 nitrogen and oxygen atoms in total. The molecule has 2 aromatic rings. The lowest BCUT2D eigenvalue weighted by molar-refractivity contribution is 0.120. The highest BCUT2D eigenvalue weighted by molar-refractivity contribution is 6.02. The second-order valence-electron chi connectivity index (χ2n) is 5.47. The molecule has 1 unspecified atom stereocenters. The Morgan fingerprint density at radius 2 is 2.21 bits per heavy atom. The SMILES string of the molecule is C=CCON=C(c1ccc(OC2CCC2)cc1)C(F)n1cncn1. The van der Waals surface area contributed by atoms with Crippen molar-refractivity contribution in [2.24, 2.45) is 5.16 Å². The van der Waals surface area contributed by atoms with Gasteiger partial charge in [0.25, 0.3) is 0 Å². The van der Waals surface area contributed by atoms with Gasteiger partial charge in [0.2, 0.25) is 6.30 Å². The minimum absolute atomic E-state index is 0.109. The van der Waals surface area contributed by atoms with E-state index in [-0.39, 0.29) is 12.3 Å². The van der Waals surface area contributed by atoms with E-state index < -0.39 is 6.30 Å². The molecule has 1 saturated carbocycles. The monoisotopic (exact) mass is 330 g/mol. The van der Waals surface area contributed by atoms with Crippen LogP contribution in [0, 0.1) is 0 Å². The average molecular weight is 330 g/mol. The van der Waals surface area contributed by atoms with Crippen LogP contribution in [-0.2, 0) is 4.84 Å². The van der Waals surface area contributed by atoms with Gasteiger partial charge in [-0.2, -0.15) is 5.10 Å². The molecular formula is C17H19FN4O2. The largest absolute Gasteiger partial charge is 0.490 e. The Morgan fingerprint density at radius 1 is 1.42 bits per heavy atom. The number of oxime groups is 1. The van der Waals surface area contributed by atoms with Crippen molar-refractivity contribution in [3.8, 4) is 5.75 Å². The molecule has 0 bridgehead atoms. The van der Waals surface area contributed by atoms with Crippen molar-refractivity contribution in [1.29, 1.82) is 0 Å². The summed E-state index contributed by atoms with van der Waals surface area (Å²) in [5.74, 6) is 0.769. The first kappa shape index (κ1) is 16.2. The molecule has 1 heterocycles. The summed E-state index contributed by atoms with van der Waals surface area (Å²) >= 11 is 0. The highest BCUT2D eigenvalue weighted by atomic mass is 19.1. The second kappa shape index (κ2) is 7.72. The molecule has 0 aliphatic heterocycles. The lowest BCUT2D eigenvalue weighted by Gasteiger charge is -2.26. The van der Waals surface area contributed by atoms with Gasteiger partial charge in [0.15, 0.2) is 0 Å². The van der Waals surface area contributed by atoms with Crippen molar-refractivity contribution in [3.63, 3.8) is 0 Å². The maximum atomic E-state index is 14.7. The van der Waals surface area contributed by atoms with Gasteiger partial charge in [-0.3, -0.25) is 0 Å². The third-order valence-electron chi connectivity index (χ3n) is 3.75. The molecule has 24 heavy (non-hydrogen) atoms. The Bertz CT molecular complexity index is 681. The molecule has 1 aromatic heterocycles. The predicted octanol–water partition coefficient (Wildman–Crippen LogP) is 3.28. The molecule has 1 aromatic carbocycles. The van der Waals surface area contributed by atoms with Crippen molar-refractivity contribution < 1.29 is 14.0 Å². The summed E-state index contributed by atoms with van der Waals surface area (Å²) < 4.78 is 21.6. The van der Waals surface area contributed by atoms with Gasteiger partial charge in [0.05, 0.1) is 6.10 Å². The number of benzene rings is 1. The minimum Gasteiger partial charge on any atom is -0.490 e. The van der Waals surface area contributed by atoms with E-state index >= 15 is 0 Å². The molecule has 1 aliphatic rings.